The number of para-hydroxylation sites is 1. The number of rotatable bonds is 8. The zero-order valence-electron chi connectivity index (χ0n) is 13.5. The van der Waals surface area contributed by atoms with Crippen LogP contribution < -0.4 is 10.1 Å². The van der Waals surface area contributed by atoms with Gasteiger partial charge in [0.05, 0.1) is 13.7 Å². The molecule has 0 aliphatic heterocycles. The van der Waals surface area contributed by atoms with Crippen molar-refractivity contribution < 1.29 is 9.47 Å². The summed E-state index contributed by atoms with van der Waals surface area (Å²) in [5.74, 6) is 1.03. The maximum Gasteiger partial charge on any atom is 0.122 e. The molecule has 0 radical (unpaired) electrons. The maximum absolute atomic E-state index is 5.53. The van der Waals surface area contributed by atoms with Crippen molar-refractivity contribution in [3.63, 3.8) is 0 Å². The SMILES string of the molecule is COCCNCC1(Cc2ccccc2OC)CCCCC1. The first-order valence-electron chi connectivity index (χ1n) is 8.11. The molecule has 0 unspecified atom stereocenters. The van der Waals surface area contributed by atoms with E-state index in [4.69, 9.17) is 9.47 Å². The third-order valence-corrected chi connectivity index (χ3v) is 4.66. The molecule has 0 amide bonds. The van der Waals surface area contributed by atoms with Crippen LogP contribution in [0.1, 0.15) is 37.7 Å². The summed E-state index contributed by atoms with van der Waals surface area (Å²) >= 11 is 0. The fourth-order valence-corrected chi connectivity index (χ4v) is 3.50. The van der Waals surface area contributed by atoms with E-state index in [1.54, 1.807) is 14.2 Å². The van der Waals surface area contributed by atoms with Crippen LogP contribution in [0.15, 0.2) is 24.3 Å². The zero-order valence-corrected chi connectivity index (χ0v) is 13.5. The van der Waals surface area contributed by atoms with Crippen molar-refractivity contribution in [2.75, 3.05) is 33.9 Å². The highest BCUT2D eigenvalue weighted by Gasteiger charge is 2.32. The lowest BCUT2D eigenvalue weighted by Crippen LogP contribution is -2.39. The number of benzene rings is 1. The second-order valence-corrected chi connectivity index (χ2v) is 6.22. The van der Waals surface area contributed by atoms with E-state index in [0.717, 1.165) is 31.9 Å². The number of nitrogens with one attached hydrogen (secondary N) is 1. The van der Waals surface area contributed by atoms with E-state index >= 15 is 0 Å². The van der Waals surface area contributed by atoms with Crippen LogP contribution in [0, 0.1) is 5.41 Å². The minimum atomic E-state index is 0.376. The molecule has 1 saturated carbocycles. The average Bonchev–Trinajstić information content (AvgIpc) is 2.53. The molecule has 0 heterocycles. The Morgan fingerprint density at radius 1 is 1.10 bits per heavy atom. The lowest BCUT2D eigenvalue weighted by Gasteiger charge is -2.38. The highest BCUT2D eigenvalue weighted by atomic mass is 16.5. The number of ether oxygens (including phenoxy) is 2. The van der Waals surface area contributed by atoms with Gasteiger partial charge in [-0.2, -0.15) is 0 Å². The van der Waals surface area contributed by atoms with Gasteiger partial charge in [0.15, 0.2) is 0 Å². The van der Waals surface area contributed by atoms with Crippen molar-refractivity contribution in [2.24, 2.45) is 5.41 Å². The van der Waals surface area contributed by atoms with E-state index in [1.807, 2.05) is 6.07 Å². The van der Waals surface area contributed by atoms with E-state index in [0.29, 0.717) is 5.41 Å². The van der Waals surface area contributed by atoms with Crippen LogP contribution >= 0.6 is 0 Å². The first-order chi connectivity index (χ1) is 10.3. The number of methoxy groups -OCH3 is 2. The van der Waals surface area contributed by atoms with Gasteiger partial charge in [0.2, 0.25) is 0 Å². The van der Waals surface area contributed by atoms with Crippen molar-refractivity contribution in [3.05, 3.63) is 29.8 Å². The Kier molecular flexibility index (Phi) is 6.52. The molecule has 0 spiro atoms. The third-order valence-electron chi connectivity index (χ3n) is 4.66. The molecular weight excluding hydrogens is 262 g/mol. The van der Waals surface area contributed by atoms with Crippen molar-refractivity contribution in [3.8, 4) is 5.75 Å². The molecule has 3 nitrogen and oxygen atoms in total. The minimum Gasteiger partial charge on any atom is -0.496 e. The van der Waals surface area contributed by atoms with Gasteiger partial charge < -0.3 is 14.8 Å². The topological polar surface area (TPSA) is 30.5 Å². The van der Waals surface area contributed by atoms with Gasteiger partial charge in [-0.1, -0.05) is 37.5 Å². The van der Waals surface area contributed by atoms with Gasteiger partial charge in [-0.3, -0.25) is 0 Å². The normalized spacial score (nSPS) is 17.6. The molecule has 0 bridgehead atoms. The highest BCUT2D eigenvalue weighted by Crippen LogP contribution is 2.40. The standard InChI is InChI=1S/C18H29NO2/c1-20-13-12-19-15-18(10-6-3-7-11-18)14-16-8-4-5-9-17(16)21-2/h4-5,8-9,19H,3,6-7,10-15H2,1-2H3. The van der Waals surface area contributed by atoms with Gasteiger partial charge in [0.25, 0.3) is 0 Å². The molecule has 1 aromatic rings. The molecule has 0 saturated heterocycles. The van der Waals surface area contributed by atoms with E-state index in [-0.39, 0.29) is 0 Å². The summed E-state index contributed by atoms with van der Waals surface area (Å²) in [5.41, 5.74) is 1.72. The predicted octanol–water partition coefficient (Wildman–Crippen LogP) is 3.42. The van der Waals surface area contributed by atoms with E-state index in [9.17, 15) is 0 Å². The minimum absolute atomic E-state index is 0.376. The Hall–Kier alpha value is -1.06. The summed E-state index contributed by atoms with van der Waals surface area (Å²) < 4.78 is 10.7. The maximum atomic E-state index is 5.53. The molecule has 1 aliphatic rings. The van der Waals surface area contributed by atoms with Crippen LogP contribution in [0.25, 0.3) is 0 Å². The third kappa shape index (κ3) is 4.72. The monoisotopic (exact) mass is 291 g/mol. The Morgan fingerprint density at radius 2 is 1.86 bits per heavy atom. The van der Waals surface area contributed by atoms with Crippen molar-refractivity contribution in [1.82, 2.24) is 5.32 Å². The predicted molar refractivity (Wildman–Crippen MR) is 87.0 cm³/mol. The molecule has 21 heavy (non-hydrogen) atoms. The van der Waals surface area contributed by atoms with Gasteiger partial charge >= 0.3 is 0 Å². The molecule has 1 fully saturated rings. The van der Waals surface area contributed by atoms with Crippen molar-refractivity contribution in [2.45, 2.75) is 38.5 Å². The Labute approximate surface area is 129 Å². The molecule has 0 atom stereocenters. The fraction of sp³-hybridized carbons (Fsp3) is 0.667. The quantitative estimate of drug-likeness (QED) is 0.744. The second kappa shape index (κ2) is 8.40. The van der Waals surface area contributed by atoms with E-state index in [2.05, 4.69) is 23.5 Å². The molecule has 0 aromatic heterocycles. The van der Waals surface area contributed by atoms with Crippen LogP contribution in [0.3, 0.4) is 0 Å². The molecule has 1 aromatic carbocycles. The summed E-state index contributed by atoms with van der Waals surface area (Å²) in [6, 6.07) is 8.45. The highest BCUT2D eigenvalue weighted by molar-refractivity contribution is 5.34. The Bertz CT molecular complexity index is 413. The fourth-order valence-electron chi connectivity index (χ4n) is 3.50. The summed E-state index contributed by atoms with van der Waals surface area (Å²) in [7, 11) is 3.52. The molecule has 1 aliphatic carbocycles. The second-order valence-electron chi connectivity index (χ2n) is 6.22. The number of hydrogen-bond acceptors (Lipinski definition) is 3. The van der Waals surface area contributed by atoms with Gasteiger partial charge in [-0.25, -0.2) is 0 Å². The van der Waals surface area contributed by atoms with Crippen LogP contribution in [0.2, 0.25) is 0 Å². The van der Waals surface area contributed by atoms with Gasteiger partial charge in [0, 0.05) is 20.2 Å². The smallest absolute Gasteiger partial charge is 0.122 e. The van der Waals surface area contributed by atoms with E-state index < -0.39 is 0 Å². The molecule has 118 valence electrons. The van der Waals surface area contributed by atoms with Gasteiger partial charge in [-0.05, 0) is 36.3 Å². The molecule has 2 rings (SSSR count). The van der Waals surface area contributed by atoms with Crippen LogP contribution in [-0.2, 0) is 11.2 Å². The number of hydrogen-bond donors (Lipinski definition) is 1. The van der Waals surface area contributed by atoms with Crippen molar-refractivity contribution >= 4 is 0 Å². The lowest BCUT2D eigenvalue weighted by molar-refractivity contribution is 0.161. The Morgan fingerprint density at radius 3 is 2.57 bits per heavy atom. The molecular formula is C18H29NO2. The van der Waals surface area contributed by atoms with Crippen molar-refractivity contribution in [1.29, 1.82) is 0 Å². The molecule has 3 heteroatoms. The summed E-state index contributed by atoms with van der Waals surface area (Å²) in [6.45, 7) is 2.79. The summed E-state index contributed by atoms with van der Waals surface area (Å²) in [6.07, 6.45) is 7.81. The first kappa shape index (κ1) is 16.3. The molecule has 1 N–H and O–H groups in total. The van der Waals surface area contributed by atoms with E-state index in [1.165, 1.54) is 37.7 Å². The van der Waals surface area contributed by atoms with Gasteiger partial charge in [-0.15, -0.1) is 0 Å². The largest absolute Gasteiger partial charge is 0.496 e. The lowest BCUT2D eigenvalue weighted by atomic mass is 9.70. The van der Waals surface area contributed by atoms with Gasteiger partial charge in [0.1, 0.15) is 5.75 Å². The Balaban J connectivity index is 2.04. The zero-order chi connectivity index (χ0) is 15.0. The van der Waals surface area contributed by atoms with Crippen LogP contribution in [0.5, 0.6) is 5.75 Å². The van der Waals surface area contributed by atoms with Crippen LogP contribution in [0.4, 0.5) is 0 Å². The first-order valence-corrected chi connectivity index (χ1v) is 8.11. The summed E-state index contributed by atoms with van der Waals surface area (Å²) in [4.78, 5) is 0. The van der Waals surface area contributed by atoms with Crippen LogP contribution in [-0.4, -0.2) is 33.9 Å². The average molecular weight is 291 g/mol. The summed E-state index contributed by atoms with van der Waals surface area (Å²) in [5, 5.41) is 3.59.